The van der Waals surface area contributed by atoms with Gasteiger partial charge in [0.05, 0.1) is 6.54 Å². The van der Waals surface area contributed by atoms with E-state index < -0.39 is 0 Å². The molecule has 138 valence electrons. The van der Waals surface area contributed by atoms with Crippen LogP contribution in [0.3, 0.4) is 0 Å². The third kappa shape index (κ3) is 2.81. The van der Waals surface area contributed by atoms with Crippen molar-refractivity contribution in [2.24, 2.45) is 0 Å². The number of nitrogens with zero attached hydrogens (tertiary/aromatic N) is 2. The average molecular weight is 362 g/mol. The fraction of sp³-hybridized carbons (Fsp3) is 0.333. The average Bonchev–Trinajstić information content (AvgIpc) is 3.32. The van der Waals surface area contributed by atoms with E-state index in [2.05, 4.69) is 47.2 Å². The SMILES string of the molecule is CC1CC(C(=O)N2CCc3onc(-c4cccc5ccccc45)c3C2)NN1. The maximum absolute atomic E-state index is 12.9. The molecule has 1 saturated heterocycles. The van der Waals surface area contributed by atoms with Crippen LogP contribution in [0.25, 0.3) is 22.0 Å². The molecule has 0 spiro atoms. The predicted octanol–water partition coefficient (Wildman–Crippen LogP) is 2.63. The summed E-state index contributed by atoms with van der Waals surface area (Å²) < 4.78 is 5.65. The van der Waals surface area contributed by atoms with E-state index in [0.29, 0.717) is 25.6 Å². The molecular weight excluding hydrogens is 340 g/mol. The number of nitrogens with one attached hydrogen (secondary N) is 2. The Labute approximate surface area is 157 Å². The zero-order valence-corrected chi connectivity index (χ0v) is 15.2. The summed E-state index contributed by atoms with van der Waals surface area (Å²) in [6.07, 6.45) is 1.51. The topological polar surface area (TPSA) is 70.4 Å². The number of hydrogen-bond acceptors (Lipinski definition) is 5. The second kappa shape index (κ2) is 6.48. The summed E-state index contributed by atoms with van der Waals surface area (Å²) in [6.45, 7) is 3.29. The second-order valence-electron chi connectivity index (χ2n) is 7.45. The van der Waals surface area contributed by atoms with Crippen LogP contribution in [-0.4, -0.2) is 34.6 Å². The first-order valence-corrected chi connectivity index (χ1v) is 9.46. The molecule has 6 heteroatoms. The van der Waals surface area contributed by atoms with Crippen LogP contribution in [0.5, 0.6) is 0 Å². The van der Waals surface area contributed by atoms with Crippen LogP contribution in [0, 0.1) is 0 Å². The summed E-state index contributed by atoms with van der Waals surface area (Å²) in [4.78, 5) is 14.8. The molecule has 0 aliphatic carbocycles. The number of aromatic nitrogens is 1. The van der Waals surface area contributed by atoms with Crippen molar-refractivity contribution in [1.29, 1.82) is 0 Å². The Morgan fingerprint density at radius 2 is 2.04 bits per heavy atom. The van der Waals surface area contributed by atoms with Gasteiger partial charge in [0.15, 0.2) is 0 Å². The second-order valence-corrected chi connectivity index (χ2v) is 7.45. The van der Waals surface area contributed by atoms with Gasteiger partial charge in [0.2, 0.25) is 5.91 Å². The molecular formula is C21H22N4O2. The van der Waals surface area contributed by atoms with Gasteiger partial charge in [0.1, 0.15) is 17.5 Å². The number of carbonyl (C=O) groups is 1. The molecule has 1 fully saturated rings. The number of hydrogen-bond donors (Lipinski definition) is 2. The van der Waals surface area contributed by atoms with Crippen molar-refractivity contribution in [3.8, 4) is 11.3 Å². The molecule has 6 nitrogen and oxygen atoms in total. The molecule has 2 aromatic carbocycles. The zero-order valence-electron chi connectivity index (χ0n) is 15.2. The third-order valence-corrected chi connectivity index (χ3v) is 5.58. The third-order valence-electron chi connectivity index (χ3n) is 5.58. The molecule has 0 radical (unpaired) electrons. The van der Waals surface area contributed by atoms with E-state index in [4.69, 9.17) is 4.52 Å². The van der Waals surface area contributed by atoms with E-state index in [-0.39, 0.29) is 11.9 Å². The van der Waals surface area contributed by atoms with Crippen LogP contribution in [0.4, 0.5) is 0 Å². The molecule has 2 atom stereocenters. The first-order chi connectivity index (χ1) is 13.2. The highest BCUT2D eigenvalue weighted by molar-refractivity contribution is 5.96. The Hall–Kier alpha value is -2.70. The van der Waals surface area contributed by atoms with Gasteiger partial charge < -0.3 is 9.42 Å². The van der Waals surface area contributed by atoms with Crippen LogP contribution in [0.2, 0.25) is 0 Å². The lowest BCUT2D eigenvalue weighted by Crippen LogP contribution is -2.47. The summed E-state index contributed by atoms with van der Waals surface area (Å²) in [5.41, 5.74) is 9.19. The molecule has 0 saturated carbocycles. The summed E-state index contributed by atoms with van der Waals surface area (Å²) in [7, 11) is 0. The standard InChI is InChI=1S/C21H22N4O2/c1-13-11-18(23-22-13)21(26)25-10-9-19-17(12-25)20(24-27-19)16-8-4-6-14-5-2-3-7-15(14)16/h2-8,13,18,22-23H,9-12H2,1H3. The van der Waals surface area contributed by atoms with Crippen LogP contribution >= 0.6 is 0 Å². The fourth-order valence-electron chi connectivity index (χ4n) is 4.14. The number of fused-ring (bicyclic) bond motifs is 2. The fourth-order valence-corrected chi connectivity index (χ4v) is 4.14. The number of rotatable bonds is 2. The normalized spacial score (nSPS) is 22.2. The highest BCUT2D eigenvalue weighted by atomic mass is 16.5. The van der Waals surface area contributed by atoms with Crippen molar-refractivity contribution in [3.05, 3.63) is 53.8 Å². The first-order valence-electron chi connectivity index (χ1n) is 9.46. The molecule has 5 rings (SSSR count). The Bertz CT molecular complexity index is 1010. The van der Waals surface area contributed by atoms with Gasteiger partial charge in [0, 0.05) is 30.1 Å². The Balaban J connectivity index is 1.49. The molecule has 0 bridgehead atoms. The lowest BCUT2D eigenvalue weighted by Gasteiger charge is -2.28. The van der Waals surface area contributed by atoms with Gasteiger partial charge in [-0.3, -0.25) is 10.2 Å². The predicted molar refractivity (Wildman–Crippen MR) is 103 cm³/mol. The molecule has 3 aromatic rings. The molecule has 27 heavy (non-hydrogen) atoms. The van der Waals surface area contributed by atoms with Crippen molar-refractivity contribution in [3.63, 3.8) is 0 Å². The highest BCUT2D eigenvalue weighted by Crippen LogP contribution is 2.34. The van der Waals surface area contributed by atoms with E-state index >= 15 is 0 Å². The van der Waals surface area contributed by atoms with E-state index in [1.165, 1.54) is 5.39 Å². The van der Waals surface area contributed by atoms with Gasteiger partial charge in [-0.1, -0.05) is 47.6 Å². The van der Waals surface area contributed by atoms with Gasteiger partial charge in [-0.2, -0.15) is 0 Å². The lowest BCUT2D eigenvalue weighted by atomic mass is 9.96. The molecule has 2 aliphatic rings. The maximum Gasteiger partial charge on any atom is 0.241 e. The lowest BCUT2D eigenvalue weighted by molar-refractivity contribution is -0.134. The maximum atomic E-state index is 12.9. The van der Waals surface area contributed by atoms with Crippen molar-refractivity contribution >= 4 is 16.7 Å². The smallest absolute Gasteiger partial charge is 0.241 e. The Kier molecular flexibility index (Phi) is 3.95. The van der Waals surface area contributed by atoms with Crippen LogP contribution < -0.4 is 10.9 Å². The molecule has 2 N–H and O–H groups in total. The molecule has 2 aliphatic heterocycles. The van der Waals surface area contributed by atoms with E-state index in [0.717, 1.165) is 34.4 Å². The number of carbonyl (C=O) groups excluding carboxylic acids is 1. The number of benzene rings is 2. The van der Waals surface area contributed by atoms with E-state index in [9.17, 15) is 4.79 Å². The van der Waals surface area contributed by atoms with Crippen LogP contribution in [0.1, 0.15) is 24.7 Å². The Morgan fingerprint density at radius 3 is 2.89 bits per heavy atom. The minimum Gasteiger partial charge on any atom is -0.360 e. The molecule has 2 unspecified atom stereocenters. The summed E-state index contributed by atoms with van der Waals surface area (Å²) in [5.74, 6) is 1.04. The largest absolute Gasteiger partial charge is 0.360 e. The minimum atomic E-state index is -0.164. The van der Waals surface area contributed by atoms with Crippen molar-refractivity contribution in [2.45, 2.75) is 38.4 Å². The van der Waals surface area contributed by atoms with Gasteiger partial charge >= 0.3 is 0 Å². The molecule has 3 heterocycles. The van der Waals surface area contributed by atoms with Crippen molar-refractivity contribution in [1.82, 2.24) is 20.9 Å². The summed E-state index contributed by atoms with van der Waals surface area (Å²) >= 11 is 0. The quantitative estimate of drug-likeness (QED) is 0.733. The van der Waals surface area contributed by atoms with Crippen LogP contribution in [0.15, 0.2) is 47.0 Å². The van der Waals surface area contributed by atoms with Crippen molar-refractivity contribution < 1.29 is 9.32 Å². The van der Waals surface area contributed by atoms with Gasteiger partial charge in [0.25, 0.3) is 0 Å². The Morgan fingerprint density at radius 1 is 1.19 bits per heavy atom. The molecule has 1 amide bonds. The zero-order chi connectivity index (χ0) is 18.4. The number of amides is 1. The van der Waals surface area contributed by atoms with E-state index in [1.54, 1.807) is 0 Å². The van der Waals surface area contributed by atoms with Crippen LogP contribution in [-0.2, 0) is 17.8 Å². The monoisotopic (exact) mass is 362 g/mol. The molecule has 1 aromatic heterocycles. The van der Waals surface area contributed by atoms with Crippen molar-refractivity contribution in [2.75, 3.05) is 6.54 Å². The van der Waals surface area contributed by atoms with Gasteiger partial charge in [-0.05, 0) is 24.1 Å². The van der Waals surface area contributed by atoms with Gasteiger partial charge in [-0.25, -0.2) is 5.43 Å². The minimum absolute atomic E-state index is 0.141. The number of hydrazine groups is 1. The highest BCUT2D eigenvalue weighted by Gasteiger charge is 2.34. The van der Waals surface area contributed by atoms with E-state index in [1.807, 2.05) is 23.1 Å². The first kappa shape index (κ1) is 16.5. The summed E-state index contributed by atoms with van der Waals surface area (Å²) in [6, 6.07) is 14.6. The summed E-state index contributed by atoms with van der Waals surface area (Å²) in [5, 5.41) is 6.70. The van der Waals surface area contributed by atoms with Gasteiger partial charge in [-0.15, -0.1) is 0 Å².